The van der Waals surface area contributed by atoms with E-state index >= 15 is 0 Å². The van der Waals surface area contributed by atoms with Crippen LogP contribution < -0.4 is 4.72 Å². The highest BCUT2D eigenvalue weighted by atomic mass is 35.5. The van der Waals surface area contributed by atoms with Gasteiger partial charge in [0.1, 0.15) is 0 Å². The number of rotatable bonds is 4. The highest BCUT2D eigenvalue weighted by Gasteiger charge is 2.18. The molecule has 0 amide bonds. The largest absolute Gasteiger partial charge is 0.392 e. The maximum Gasteiger partial charge on any atom is 0.241 e. The van der Waals surface area contributed by atoms with Crippen molar-refractivity contribution in [2.45, 2.75) is 17.9 Å². The molecule has 0 aromatic heterocycles. The van der Waals surface area contributed by atoms with Crippen molar-refractivity contribution in [3.63, 3.8) is 0 Å². The molecular formula is C13H14ClNO3S. The van der Waals surface area contributed by atoms with E-state index in [0.29, 0.717) is 15.8 Å². The minimum atomic E-state index is -3.67. The number of halogens is 1. The van der Waals surface area contributed by atoms with Gasteiger partial charge < -0.3 is 5.11 Å². The molecule has 0 unspecified atom stereocenters. The van der Waals surface area contributed by atoms with E-state index < -0.39 is 16.1 Å². The molecule has 0 radical (unpaired) electrons. The molecule has 2 aromatic rings. The van der Waals surface area contributed by atoms with E-state index in [1.165, 1.54) is 13.0 Å². The van der Waals surface area contributed by atoms with Crippen LogP contribution in [-0.2, 0) is 10.0 Å². The van der Waals surface area contributed by atoms with Gasteiger partial charge in [0.15, 0.2) is 0 Å². The lowest BCUT2D eigenvalue weighted by Crippen LogP contribution is -2.30. The fourth-order valence-electron chi connectivity index (χ4n) is 1.78. The number of nitrogens with one attached hydrogen (secondary N) is 1. The molecule has 2 N–H and O–H groups in total. The summed E-state index contributed by atoms with van der Waals surface area (Å²) >= 11 is 6.05. The zero-order valence-corrected chi connectivity index (χ0v) is 11.9. The maximum absolute atomic E-state index is 12.2. The second kappa shape index (κ2) is 5.46. The standard InChI is InChI=1S/C13H14ClNO3S/c1-9(16)8-15-19(17,18)13-7-6-12(14)10-4-2-3-5-11(10)13/h2-7,9,15-16H,8H2,1H3/t9-/m0/s1. The Kier molecular flexibility index (Phi) is 4.10. The second-order valence-electron chi connectivity index (χ2n) is 4.29. The first kappa shape index (κ1) is 14.3. The third kappa shape index (κ3) is 3.06. The van der Waals surface area contributed by atoms with Crippen LogP contribution in [0.15, 0.2) is 41.3 Å². The molecule has 4 nitrogen and oxygen atoms in total. The summed E-state index contributed by atoms with van der Waals surface area (Å²) in [5, 5.41) is 10.9. The maximum atomic E-state index is 12.2. The summed E-state index contributed by atoms with van der Waals surface area (Å²) in [6.45, 7) is 1.49. The van der Waals surface area contributed by atoms with Gasteiger partial charge in [0, 0.05) is 22.3 Å². The lowest BCUT2D eigenvalue weighted by molar-refractivity contribution is 0.198. The van der Waals surface area contributed by atoms with Crippen LogP contribution in [0.25, 0.3) is 10.8 Å². The molecule has 0 aliphatic heterocycles. The molecule has 2 aromatic carbocycles. The summed E-state index contributed by atoms with van der Waals surface area (Å²) < 4.78 is 26.8. The van der Waals surface area contributed by atoms with E-state index in [1.807, 2.05) is 0 Å². The zero-order chi connectivity index (χ0) is 14.0. The monoisotopic (exact) mass is 299 g/mol. The number of hydrogen-bond donors (Lipinski definition) is 2. The minimum Gasteiger partial charge on any atom is -0.392 e. The average molecular weight is 300 g/mol. The summed E-state index contributed by atoms with van der Waals surface area (Å²) in [7, 11) is -3.67. The Bertz CT molecular complexity index is 698. The first-order valence-electron chi connectivity index (χ1n) is 5.77. The number of aliphatic hydroxyl groups excluding tert-OH is 1. The lowest BCUT2D eigenvalue weighted by Gasteiger charge is -2.11. The van der Waals surface area contributed by atoms with Gasteiger partial charge in [0.05, 0.1) is 11.0 Å². The van der Waals surface area contributed by atoms with E-state index in [1.54, 1.807) is 30.3 Å². The van der Waals surface area contributed by atoms with Gasteiger partial charge in [-0.3, -0.25) is 0 Å². The van der Waals surface area contributed by atoms with Crippen molar-refractivity contribution in [2.75, 3.05) is 6.54 Å². The van der Waals surface area contributed by atoms with Gasteiger partial charge in [0.2, 0.25) is 10.0 Å². The summed E-state index contributed by atoms with van der Waals surface area (Å²) in [5.41, 5.74) is 0. The molecule has 19 heavy (non-hydrogen) atoms. The van der Waals surface area contributed by atoms with Gasteiger partial charge in [-0.15, -0.1) is 0 Å². The molecule has 0 spiro atoms. The van der Waals surface area contributed by atoms with Crippen molar-refractivity contribution < 1.29 is 13.5 Å². The number of sulfonamides is 1. The topological polar surface area (TPSA) is 66.4 Å². The summed E-state index contributed by atoms with van der Waals surface area (Å²) in [6, 6.07) is 10.1. The SMILES string of the molecule is C[C@H](O)CNS(=O)(=O)c1ccc(Cl)c2ccccc12. The predicted molar refractivity (Wildman–Crippen MR) is 75.8 cm³/mol. The molecule has 1 atom stereocenters. The van der Waals surface area contributed by atoms with Gasteiger partial charge in [-0.1, -0.05) is 35.9 Å². The van der Waals surface area contributed by atoms with Crippen LogP contribution in [0.3, 0.4) is 0 Å². The quantitative estimate of drug-likeness (QED) is 0.909. The fourth-order valence-corrected chi connectivity index (χ4v) is 3.34. The Labute approximate surface area is 117 Å². The van der Waals surface area contributed by atoms with Crippen LogP contribution in [-0.4, -0.2) is 26.2 Å². The van der Waals surface area contributed by atoms with Crippen LogP contribution in [0, 0.1) is 0 Å². The van der Waals surface area contributed by atoms with E-state index in [2.05, 4.69) is 4.72 Å². The Morgan fingerprint density at radius 1 is 1.21 bits per heavy atom. The smallest absolute Gasteiger partial charge is 0.241 e. The van der Waals surface area contributed by atoms with Gasteiger partial charge in [-0.25, -0.2) is 13.1 Å². The van der Waals surface area contributed by atoms with Gasteiger partial charge in [-0.2, -0.15) is 0 Å². The molecule has 102 valence electrons. The molecule has 0 aliphatic carbocycles. The Balaban J connectivity index is 2.54. The fraction of sp³-hybridized carbons (Fsp3) is 0.231. The van der Waals surface area contributed by atoms with Crippen molar-refractivity contribution in [1.29, 1.82) is 0 Å². The summed E-state index contributed by atoms with van der Waals surface area (Å²) in [5.74, 6) is 0. The lowest BCUT2D eigenvalue weighted by atomic mass is 10.1. The number of benzene rings is 2. The van der Waals surface area contributed by atoms with Crippen LogP contribution >= 0.6 is 11.6 Å². The summed E-state index contributed by atoms with van der Waals surface area (Å²) in [6.07, 6.45) is -0.742. The molecule has 6 heteroatoms. The van der Waals surface area contributed by atoms with E-state index in [0.717, 1.165) is 0 Å². The van der Waals surface area contributed by atoms with E-state index in [9.17, 15) is 13.5 Å². The van der Waals surface area contributed by atoms with Crippen molar-refractivity contribution in [2.24, 2.45) is 0 Å². The zero-order valence-electron chi connectivity index (χ0n) is 10.3. The predicted octanol–water partition coefficient (Wildman–Crippen LogP) is 2.15. The number of hydrogen-bond acceptors (Lipinski definition) is 3. The second-order valence-corrected chi connectivity index (χ2v) is 6.43. The van der Waals surface area contributed by atoms with Gasteiger partial charge in [-0.05, 0) is 19.1 Å². The molecule has 0 saturated heterocycles. The Hall–Kier alpha value is -1.14. The Morgan fingerprint density at radius 2 is 1.84 bits per heavy atom. The molecule has 0 saturated carbocycles. The number of aliphatic hydroxyl groups is 1. The van der Waals surface area contributed by atoms with Gasteiger partial charge >= 0.3 is 0 Å². The van der Waals surface area contributed by atoms with Crippen LogP contribution in [0.1, 0.15) is 6.92 Å². The molecule has 0 heterocycles. The van der Waals surface area contributed by atoms with E-state index in [4.69, 9.17) is 11.6 Å². The highest BCUT2D eigenvalue weighted by molar-refractivity contribution is 7.89. The van der Waals surface area contributed by atoms with Crippen LogP contribution in [0.4, 0.5) is 0 Å². The van der Waals surface area contributed by atoms with Crippen LogP contribution in [0.5, 0.6) is 0 Å². The Morgan fingerprint density at radius 3 is 2.47 bits per heavy atom. The van der Waals surface area contributed by atoms with Crippen molar-refractivity contribution in [1.82, 2.24) is 4.72 Å². The molecule has 0 aliphatic rings. The molecule has 0 fully saturated rings. The first-order valence-corrected chi connectivity index (χ1v) is 7.63. The normalized spacial score (nSPS) is 13.6. The first-order chi connectivity index (χ1) is 8.92. The van der Waals surface area contributed by atoms with Gasteiger partial charge in [0.25, 0.3) is 0 Å². The molecule has 2 rings (SSSR count). The van der Waals surface area contributed by atoms with Crippen molar-refractivity contribution in [3.8, 4) is 0 Å². The highest BCUT2D eigenvalue weighted by Crippen LogP contribution is 2.28. The van der Waals surface area contributed by atoms with Crippen molar-refractivity contribution in [3.05, 3.63) is 41.4 Å². The van der Waals surface area contributed by atoms with Crippen LogP contribution in [0.2, 0.25) is 5.02 Å². The number of fused-ring (bicyclic) bond motifs is 1. The average Bonchev–Trinajstić information content (AvgIpc) is 2.37. The molecule has 0 bridgehead atoms. The third-order valence-electron chi connectivity index (χ3n) is 2.69. The van der Waals surface area contributed by atoms with E-state index in [-0.39, 0.29) is 11.4 Å². The minimum absolute atomic E-state index is 0.0285. The molecular weight excluding hydrogens is 286 g/mol. The summed E-state index contributed by atoms with van der Waals surface area (Å²) in [4.78, 5) is 0.160. The van der Waals surface area contributed by atoms with Crippen molar-refractivity contribution >= 4 is 32.4 Å². The third-order valence-corrected chi connectivity index (χ3v) is 4.50.